The van der Waals surface area contributed by atoms with Crippen molar-refractivity contribution in [3.05, 3.63) is 69.8 Å². The van der Waals surface area contributed by atoms with Gasteiger partial charge < -0.3 is 0 Å². The van der Waals surface area contributed by atoms with E-state index in [1.54, 1.807) is 0 Å². The third kappa shape index (κ3) is 3.36. The summed E-state index contributed by atoms with van der Waals surface area (Å²) in [6.07, 6.45) is -0.830. The first-order chi connectivity index (χ1) is 13.2. The molecule has 6 nitrogen and oxygen atoms in total. The largest absolute Gasteiger partial charge is 0.389 e. The maximum atomic E-state index is 14.4. The summed E-state index contributed by atoms with van der Waals surface area (Å²) >= 11 is 0. The van der Waals surface area contributed by atoms with Crippen LogP contribution in [0.4, 0.5) is 17.6 Å². The lowest BCUT2D eigenvalue weighted by molar-refractivity contribution is -0.188. The minimum Gasteiger partial charge on any atom is -0.294 e. The van der Waals surface area contributed by atoms with E-state index in [-0.39, 0.29) is 6.42 Å². The standard InChI is InChI=1S/C18H8F4O6/c19-7-1-2-8(11(20)5-7)17(25)27-28-18(26)10-6-9-12(23)3-4-13(24)14(15(9)21)16(10)22/h1-2,5-6H,3-4H2. The number of carbonyl (C=O) groups is 4. The molecule has 0 fully saturated rings. The molecule has 0 aliphatic heterocycles. The first-order valence-electron chi connectivity index (χ1n) is 7.67. The van der Waals surface area contributed by atoms with E-state index in [1.165, 1.54) is 0 Å². The first-order valence-corrected chi connectivity index (χ1v) is 7.67. The van der Waals surface area contributed by atoms with Crippen LogP contribution in [-0.2, 0) is 9.78 Å². The lowest BCUT2D eigenvalue weighted by atomic mass is 10.0. The molecule has 28 heavy (non-hydrogen) atoms. The van der Waals surface area contributed by atoms with Gasteiger partial charge in [-0.05, 0) is 18.2 Å². The van der Waals surface area contributed by atoms with Gasteiger partial charge in [-0.15, -0.1) is 0 Å². The predicted molar refractivity (Wildman–Crippen MR) is 81.4 cm³/mol. The van der Waals surface area contributed by atoms with Crippen molar-refractivity contribution in [2.45, 2.75) is 12.8 Å². The van der Waals surface area contributed by atoms with Gasteiger partial charge in [0.15, 0.2) is 17.4 Å². The molecule has 2 aromatic rings. The van der Waals surface area contributed by atoms with Gasteiger partial charge >= 0.3 is 11.9 Å². The van der Waals surface area contributed by atoms with Gasteiger partial charge in [0, 0.05) is 18.9 Å². The molecule has 10 heteroatoms. The number of hydrogen-bond donors (Lipinski definition) is 0. The highest BCUT2D eigenvalue weighted by Crippen LogP contribution is 2.28. The van der Waals surface area contributed by atoms with Crippen molar-refractivity contribution in [2.75, 3.05) is 0 Å². The van der Waals surface area contributed by atoms with E-state index in [0.717, 1.165) is 12.1 Å². The van der Waals surface area contributed by atoms with E-state index < -0.39 is 75.4 Å². The summed E-state index contributed by atoms with van der Waals surface area (Å²) in [5, 5.41) is 0. The second-order valence-corrected chi connectivity index (χ2v) is 5.69. The zero-order chi connectivity index (χ0) is 20.6. The zero-order valence-electron chi connectivity index (χ0n) is 13.7. The van der Waals surface area contributed by atoms with Crippen molar-refractivity contribution in [2.24, 2.45) is 0 Å². The smallest absolute Gasteiger partial charge is 0.294 e. The van der Waals surface area contributed by atoms with Gasteiger partial charge in [-0.3, -0.25) is 9.59 Å². The summed E-state index contributed by atoms with van der Waals surface area (Å²) < 4.78 is 54.9. The fourth-order valence-corrected chi connectivity index (χ4v) is 2.54. The van der Waals surface area contributed by atoms with Crippen LogP contribution in [0.2, 0.25) is 0 Å². The Hall–Kier alpha value is -3.56. The van der Waals surface area contributed by atoms with E-state index in [2.05, 4.69) is 9.78 Å². The summed E-state index contributed by atoms with van der Waals surface area (Å²) in [5.74, 6) is -10.3. The first kappa shape index (κ1) is 19.2. The molecule has 0 spiro atoms. The Morgan fingerprint density at radius 1 is 0.786 bits per heavy atom. The topological polar surface area (TPSA) is 86.7 Å². The lowest BCUT2D eigenvalue weighted by Gasteiger charge is -2.09. The molecule has 0 unspecified atom stereocenters. The number of ketones is 2. The Balaban J connectivity index is 1.86. The van der Waals surface area contributed by atoms with Crippen molar-refractivity contribution in [3.8, 4) is 0 Å². The Kier molecular flexibility index (Phi) is 4.95. The van der Waals surface area contributed by atoms with Gasteiger partial charge in [0.1, 0.15) is 23.0 Å². The van der Waals surface area contributed by atoms with Crippen LogP contribution in [-0.4, -0.2) is 23.5 Å². The molecule has 0 saturated carbocycles. The minimum atomic E-state index is -1.67. The molecular weight excluding hydrogens is 388 g/mol. The molecule has 0 atom stereocenters. The normalized spacial score (nSPS) is 13.1. The summed E-state index contributed by atoms with van der Waals surface area (Å²) in [6.45, 7) is 0. The Morgan fingerprint density at radius 2 is 1.39 bits per heavy atom. The van der Waals surface area contributed by atoms with E-state index in [1.807, 2.05) is 0 Å². The molecule has 0 amide bonds. The highest BCUT2D eigenvalue weighted by molar-refractivity contribution is 6.09. The second kappa shape index (κ2) is 7.22. The monoisotopic (exact) mass is 396 g/mol. The number of carbonyl (C=O) groups excluding carboxylic acids is 4. The molecule has 1 aliphatic rings. The van der Waals surface area contributed by atoms with Crippen LogP contribution in [0.15, 0.2) is 24.3 Å². The minimum absolute atomic E-state index is 0.378. The Morgan fingerprint density at radius 3 is 2.04 bits per heavy atom. The average molecular weight is 396 g/mol. The zero-order valence-corrected chi connectivity index (χ0v) is 13.7. The number of rotatable bonds is 2. The third-order valence-electron chi connectivity index (χ3n) is 3.92. The molecule has 2 aromatic carbocycles. The molecule has 3 rings (SSSR count). The van der Waals surface area contributed by atoms with Crippen LogP contribution in [0.3, 0.4) is 0 Å². The van der Waals surface area contributed by atoms with Crippen LogP contribution in [0, 0.1) is 23.3 Å². The van der Waals surface area contributed by atoms with Gasteiger partial charge in [-0.25, -0.2) is 36.9 Å². The van der Waals surface area contributed by atoms with Crippen LogP contribution < -0.4 is 0 Å². The van der Waals surface area contributed by atoms with Gasteiger partial charge in [0.05, 0.1) is 16.7 Å². The lowest BCUT2D eigenvalue weighted by Crippen LogP contribution is -2.17. The fourth-order valence-electron chi connectivity index (χ4n) is 2.54. The average Bonchev–Trinajstić information content (AvgIpc) is 2.70. The summed E-state index contributed by atoms with van der Waals surface area (Å²) in [5.41, 5.74) is -3.57. The summed E-state index contributed by atoms with van der Waals surface area (Å²) in [4.78, 5) is 55.5. The second-order valence-electron chi connectivity index (χ2n) is 5.69. The maximum absolute atomic E-state index is 14.4. The number of Topliss-reactive ketones (excluding diaryl/α,β-unsaturated/α-hetero) is 2. The molecule has 0 heterocycles. The molecular formula is C18H8F4O6. The van der Waals surface area contributed by atoms with Crippen LogP contribution >= 0.6 is 0 Å². The number of halogens is 4. The van der Waals surface area contributed by atoms with E-state index in [9.17, 15) is 36.7 Å². The molecule has 0 N–H and O–H groups in total. The van der Waals surface area contributed by atoms with Gasteiger partial charge in [0.2, 0.25) is 0 Å². The van der Waals surface area contributed by atoms with E-state index >= 15 is 0 Å². The quantitative estimate of drug-likeness (QED) is 0.440. The van der Waals surface area contributed by atoms with Crippen LogP contribution in [0.25, 0.3) is 0 Å². The molecule has 1 aliphatic carbocycles. The van der Waals surface area contributed by atoms with Crippen LogP contribution in [0.5, 0.6) is 0 Å². The molecule has 0 radical (unpaired) electrons. The van der Waals surface area contributed by atoms with Crippen molar-refractivity contribution >= 4 is 23.5 Å². The third-order valence-corrected chi connectivity index (χ3v) is 3.92. The Labute approximate surface area is 153 Å². The highest BCUT2D eigenvalue weighted by atomic mass is 19.1. The Bertz CT molecular complexity index is 1050. The molecule has 0 saturated heterocycles. The van der Waals surface area contributed by atoms with E-state index in [4.69, 9.17) is 0 Å². The maximum Gasteiger partial charge on any atom is 0.389 e. The van der Waals surface area contributed by atoms with Crippen molar-refractivity contribution in [1.29, 1.82) is 0 Å². The number of fused-ring (bicyclic) bond motifs is 2. The van der Waals surface area contributed by atoms with Crippen molar-refractivity contribution in [1.82, 2.24) is 0 Å². The summed E-state index contributed by atoms with van der Waals surface area (Å²) in [6, 6.07) is 2.37. The molecule has 0 aromatic heterocycles. The molecule has 144 valence electrons. The van der Waals surface area contributed by atoms with Crippen LogP contribution in [0.1, 0.15) is 54.3 Å². The molecule has 2 bridgehead atoms. The summed E-state index contributed by atoms with van der Waals surface area (Å²) in [7, 11) is 0. The SMILES string of the molecule is O=C(OOC(=O)c1cc2c(F)c(c1F)C(=O)CCC2=O)c1ccc(F)cc1F. The number of hydrogen-bond acceptors (Lipinski definition) is 6. The predicted octanol–water partition coefficient (Wildman–Crippen LogP) is 3.33. The van der Waals surface area contributed by atoms with Gasteiger partial charge in [0.25, 0.3) is 0 Å². The van der Waals surface area contributed by atoms with Crippen molar-refractivity contribution < 1.29 is 46.5 Å². The fraction of sp³-hybridized carbons (Fsp3) is 0.111. The van der Waals surface area contributed by atoms with E-state index in [0.29, 0.717) is 12.1 Å². The van der Waals surface area contributed by atoms with Crippen molar-refractivity contribution in [3.63, 3.8) is 0 Å². The highest BCUT2D eigenvalue weighted by Gasteiger charge is 2.33. The van der Waals surface area contributed by atoms with Gasteiger partial charge in [-0.1, -0.05) is 0 Å². The van der Waals surface area contributed by atoms with Gasteiger partial charge in [-0.2, -0.15) is 0 Å². The number of benzene rings is 2.